The third-order valence-electron chi connectivity index (χ3n) is 2.95. The lowest BCUT2D eigenvalue weighted by Crippen LogP contribution is -2.51. The van der Waals surface area contributed by atoms with Gasteiger partial charge in [-0.05, 0) is 26.3 Å². The molecule has 1 saturated heterocycles. The minimum Gasteiger partial charge on any atom is -0.445 e. The average Bonchev–Trinajstić information content (AvgIpc) is 2.39. The molecule has 1 amide bonds. The summed E-state index contributed by atoms with van der Waals surface area (Å²) >= 11 is 0. The van der Waals surface area contributed by atoms with Gasteiger partial charge in [-0.15, -0.1) is 0 Å². The van der Waals surface area contributed by atoms with E-state index in [1.807, 2.05) is 51.1 Å². The number of nitrogens with zero attached hydrogens (tertiary/aromatic N) is 2. The predicted molar refractivity (Wildman–Crippen MR) is 83.5 cm³/mol. The zero-order chi connectivity index (χ0) is 15.5. The van der Waals surface area contributed by atoms with Crippen molar-refractivity contribution in [2.75, 3.05) is 13.1 Å². The molecule has 1 aliphatic heterocycles. The molecule has 1 unspecified atom stereocenters. The molecule has 114 valence electrons. The van der Waals surface area contributed by atoms with Gasteiger partial charge in [-0.2, -0.15) is 4.40 Å². The van der Waals surface area contributed by atoms with Crippen LogP contribution in [0.1, 0.15) is 26.3 Å². The van der Waals surface area contributed by atoms with Gasteiger partial charge in [0.25, 0.3) is 0 Å². The van der Waals surface area contributed by atoms with E-state index in [4.69, 9.17) is 4.74 Å². The maximum Gasteiger partial charge on any atom is 0.410 e. The Morgan fingerprint density at radius 3 is 2.48 bits per heavy atom. The van der Waals surface area contributed by atoms with Crippen LogP contribution in [-0.2, 0) is 22.3 Å². The topological polar surface area (TPSA) is 59.0 Å². The van der Waals surface area contributed by atoms with Crippen LogP contribution in [0.3, 0.4) is 0 Å². The Hall–Kier alpha value is -1.69. The minimum absolute atomic E-state index is 0.260. The molecule has 0 spiro atoms. The van der Waals surface area contributed by atoms with Crippen molar-refractivity contribution in [2.24, 2.45) is 4.40 Å². The van der Waals surface area contributed by atoms with Gasteiger partial charge >= 0.3 is 6.09 Å². The Morgan fingerprint density at radius 2 is 1.90 bits per heavy atom. The second-order valence-electron chi connectivity index (χ2n) is 5.92. The van der Waals surface area contributed by atoms with Crippen LogP contribution < -0.4 is 0 Å². The normalized spacial score (nSPS) is 16.1. The number of hydrogen-bond donors (Lipinski definition) is 0. The van der Waals surface area contributed by atoms with E-state index in [-0.39, 0.29) is 17.4 Å². The van der Waals surface area contributed by atoms with E-state index in [0.717, 1.165) is 11.3 Å². The van der Waals surface area contributed by atoms with E-state index in [1.165, 1.54) is 0 Å². The molecule has 21 heavy (non-hydrogen) atoms. The summed E-state index contributed by atoms with van der Waals surface area (Å²) in [6.07, 6.45) is -0.362. The Bertz CT molecular complexity index is 556. The van der Waals surface area contributed by atoms with Crippen molar-refractivity contribution in [3.63, 3.8) is 0 Å². The first-order valence-electron chi connectivity index (χ1n) is 6.80. The number of rotatable bonds is 3. The van der Waals surface area contributed by atoms with Crippen LogP contribution in [0.25, 0.3) is 0 Å². The molecule has 0 aliphatic carbocycles. The molecule has 0 N–H and O–H groups in total. The Morgan fingerprint density at radius 1 is 1.29 bits per heavy atom. The number of amides is 1. The van der Waals surface area contributed by atoms with E-state index >= 15 is 0 Å². The van der Waals surface area contributed by atoms with Crippen molar-refractivity contribution in [3.8, 4) is 0 Å². The molecule has 1 heterocycles. The van der Waals surface area contributed by atoms with Gasteiger partial charge in [0.05, 0.1) is 23.5 Å². The largest absolute Gasteiger partial charge is 0.445 e. The number of carbonyl (C=O) groups is 1. The third kappa shape index (κ3) is 4.39. The summed E-state index contributed by atoms with van der Waals surface area (Å²) in [4.78, 5) is 13.3. The van der Waals surface area contributed by atoms with Crippen molar-refractivity contribution in [3.05, 3.63) is 35.9 Å². The second kappa shape index (κ2) is 6.39. The second-order valence-corrected chi connectivity index (χ2v) is 7.82. The molecule has 1 aliphatic rings. The van der Waals surface area contributed by atoms with Crippen molar-refractivity contribution in [1.29, 1.82) is 0 Å². The maximum absolute atomic E-state index is 11.8. The average molecular weight is 308 g/mol. The number of carbonyl (C=O) groups excluding carboxylic acids is 1. The van der Waals surface area contributed by atoms with E-state index in [1.54, 1.807) is 4.90 Å². The molecule has 0 saturated carbocycles. The van der Waals surface area contributed by atoms with Gasteiger partial charge in [0.1, 0.15) is 17.6 Å². The van der Waals surface area contributed by atoms with Gasteiger partial charge in [-0.1, -0.05) is 30.3 Å². The van der Waals surface area contributed by atoms with Crippen LogP contribution in [0, 0.1) is 0 Å². The van der Waals surface area contributed by atoms with Crippen molar-refractivity contribution in [1.82, 2.24) is 4.90 Å². The van der Waals surface area contributed by atoms with Crippen LogP contribution in [0.15, 0.2) is 34.7 Å². The fraction of sp³-hybridized carbons (Fsp3) is 0.467. The highest BCUT2D eigenvalue weighted by Crippen LogP contribution is 2.15. The summed E-state index contributed by atoms with van der Waals surface area (Å²) in [5, 5.41) is 0. The highest BCUT2D eigenvalue weighted by atomic mass is 32.2. The van der Waals surface area contributed by atoms with E-state index in [9.17, 15) is 9.00 Å². The van der Waals surface area contributed by atoms with Crippen LogP contribution in [0.4, 0.5) is 4.79 Å². The molecular weight excluding hydrogens is 288 g/mol. The Balaban J connectivity index is 1.78. The first kappa shape index (κ1) is 15.7. The predicted octanol–water partition coefficient (Wildman–Crippen LogP) is 2.54. The van der Waals surface area contributed by atoms with Gasteiger partial charge in [0, 0.05) is 0 Å². The summed E-state index contributed by atoms with van der Waals surface area (Å²) in [5.74, 6) is 0. The fourth-order valence-electron chi connectivity index (χ4n) is 1.65. The summed E-state index contributed by atoms with van der Waals surface area (Å²) in [5.41, 5.74) is 1.73. The van der Waals surface area contributed by atoms with Gasteiger partial charge in [-0.3, -0.25) is 4.90 Å². The van der Waals surface area contributed by atoms with Gasteiger partial charge in [0.15, 0.2) is 0 Å². The van der Waals surface area contributed by atoms with Crippen molar-refractivity contribution < 1.29 is 13.7 Å². The molecule has 1 fully saturated rings. The fourth-order valence-corrected chi connectivity index (χ4v) is 2.27. The molecule has 0 radical (unpaired) electrons. The highest BCUT2D eigenvalue weighted by Gasteiger charge is 2.30. The monoisotopic (exact) mass is 308 g/mol. The molecule has 6 heteroatoms. The van der Waals surface area contributed by atoms with Crippen molar-refractivity contribution >= 4 is 22.8 Å². The molecule has 2 rings (SSSR count). The smallest absolute Gasteiger partial charge is 0.410 e. The zero-order valence-electron chi connectivity index (χ0n) is 12.5. The van der Waals surface area contributed by atoms with Crippen LogP contribution in [0.2, 0.25) is 0 Å². The molecule has 0 aromatic heterocycles. The van der Waals surface area contributed by atoms with Gasteiger partial charge < -0.3 is 4.74 Å². The minimum atomic E-state index is -1.27. The standard InChI is InChI=1S/C15H20N2O3S/c1-15(2,3)21(19)16-13-9-17(10-13)14(18)20-11-12-7-5-4-6-8-12/h4-8H,9-11H2,1-3H3. The van der Waals surface area contributed by atoms with E-state index in [2.05, 4.69) is 4.40 Å². The molecule has 5 nitrogen and oxygen atoms in total. The number of likely N-dealkylation sites (tertiary alicyclic amines) is 1. The summed E-state index contributed by atoms with van der Waals surface area (Å²) in [6, 6.07) is 9.53. The maximum atomic E-state index is 11.8. The van der Waals surface area contributed by atoms with Crippen LogP contribution in [0.5, 0.6) is 0 Å². The zero-order valence-corrected chi connectivity index (χ0v) is 13.4. The lowest BCUT2D eigenvalue weighted by atomic mass is 10.2. The number of ether oxygens (including phenoxy) is 1. The van der Waals surface area contributed by atoms with Crippen LogP contribution >= 0.6 is 0 Å². The van der Waals surface area contributed by atoms with Gasteiger partial charge in [-0.25, -0.2) is 9.00 Å². The molecule has 0 bridgehead atoms. The third-order valence-corrected chi connectivity index (χ3v) is 4.42. The lowest BCUT2D eigenvalue weighted by Gasteiger charge is -2.32. The molecular formula is C15H20N2O3S. The lowest BCUT2D eigenvalue weighted by molar-refractivity contribution is 0.0993. The highest BCUT2D eigenvalue weighted by molar-refractivity contribution is 7.85. The number of hydrogen-bond acceptors (Lipinski definition) is 3. The van der Waals surface area contributed by atoms with E-state index in [0.29, 0.717) is 13.1 Å². The molecule has 1 aromatic rings. The van der Waals surface area contributed by atoms with Gasteiger partial charge in [0.2, 0.25) is 0 Å². The first-order chi connectivity index (χ1) is 9.86. The van der Waals surface area contributed by atoms with Crippen molar-refractivity contribution in [2.45, 2.75) is 32.1 Å². The SMILES string of the molecule is CC(C)(C)S(=O)N=C1CN(C(=O)OCc2ccccc2)C1. The van der Waals surface area contributed by atoms with Crippen LogP contribution in [-0.4, -0.2) is 38.8 Å². The molecule has 1 atom stereocenters. The summed E-state index contributed by atoms with van der Waals surface area (Å²) in [7, 11) is -1.27. The summed E-state index contributed by atoms with van der Waals surface area (Å²) in [6.45, 7) is 6.68. The quantitative estimate of drug-likeness (QED) is 0.862. The first-order valence-corrected chi connectivity index (χ1v) is 7.91. The Kier molecular flexibility index (Phi) is 4.77. The molecule has 1 aromatic carbocycles. The Labute approximate surface area is 127 Å². The number of benzene rings is 1. The summed E-state index contributed by atoms with van der Waals surface area (Å²) < 4.78 is 20.8. The van der Waals surface area contributed by atoms with E-state index < -0.39 is 11.0 Å².